The van der Waals surface area contributed by atoms with Crippen LogP contribution in [0.2, 0.25) is 0 Å². The quantitative estimate of drug-likeness (QED) is 0.723. The fraction of sp³-hybridized carbons (Fsp3) is 0.250. The van der Waals surface area contributed by atoms with E-state index >= 15 is 0 Å². The first-order chi connectivity index (χ1) is 8.04. The molecular weight excluding hydrogens is 220 g/mol. The topological polar surface area (TPSA) is 70.4 Å². The molecule has 0 heterocycles. The zero-order chi connectivity index (χ0) is 12.8. The van der Waals surface area contributed by atoms with Crippen LogP contribution in [0.3, 0.4) is 0 Å². The van der Waals surface area contributed by atoms with E-state index in [0.29, 0.717) is 5.56 Å². The number of carbonyl (C=O) groups is 2. The highest BCUT2D eigenvalue weighted by molar-refractivity contribution is 5.91. The molecule has 17 heavy (non-hydrogen) atoms. The maximum absolute atomic E-state index is 11.5. The molecule has 0 bridgehead atoms. The van der Waals surface area contributed by atoms with Crippen molar-refractivity contribution in [2.75, 3.05) is 20.7 Å². The zero-order valence-electron chi connectivity index (χ0n) is 9.64. The van der Waals surface area contributed by atoms with Crippen molar-refractivity contribution in [3.05, 3.63) is 35.4 Å². The average Bonchev–Trinajstić information content (AvgIpc) is 2.35. The number of rotatable bonds is 3. The number of nitriles is 1. The largest absolute Gasteiger partial charge is 0.452 e. The first kappa shape index (κ1) is 12.7. The molecule has 0 fully saturated rings. The molecule has 0 atom stereocenters. The molecule has 0 aromatic heterocycles. The van der Waals surface area contributed by atoms with E-state index < -0.39 is 5.97 Å². The van der Waals surface area contributed by atoms with Crippen LogP contribution in [0.1, 0.15) is 15.9 Å². The normalized spacial score (nSPS) is 9.24. The molecule has 1 aromatic carbocycles. The molecule has 88 valence electrons. The standard InChI is InChI=1S/C12H12N2O3/c1-14(2)11(15)8-17-12(16)10-5-3-4-9(6-10)7-13/h3-6H,8H2,1-2H3. The van der Waals surface area contributed by atoms with Gasteiger partial charge in [0.2, 0.25) is 0 Å². The number of ether oxygens (including phenoxy) is 1. The SMILES string of the molecule is CN(C)C(=O)COC(=O)c1cccc(C#N)c1. The Balaban J connectivity index is 2.65. The summed E-state index contributed by atoms with van der Waals surface area (Å²) in [5.74, 6) is -0.910. The van der Waals surface area contributed by atoms with E-state index in [1.54, 1.807) is 26.2 Å². The molecule has 1 amide bonds. The van der Waals surface area contributed by atoms with Gasteiger partial charge in [-0.3, -0.25) is 4.79 Å². The number of hydrogen-bond acceptors (Lipinski definition) is 4. The van der Waals surface area contributed by atoms with Gasteiger partial charge < -0.3 is 9.64 Å². The van der Waals surface area contributed by atoms with Crippen molar-refractivity contribution in [1.29, 1.82) is 5.26 Å². The van der Waals surface area contributed by atoms with Gasteiger partial charge in [0.05, 0.1) is 17.2 Å². The van der Waals surface area contributed by atoms with Gasteiger partial charge in [-0.25, -0.2) is 4.79 Å². The molecular formula is C12H12N2O3. The van der Waals surface area contributed by atoms with Crippen LogP contribution in [0.5, 0.6) is 0 Å². The lowest BCUT2D eigenvalue weighted by Gasteiger charge is -2.10. The number of hydrogen-bond donors (Lipinski definition) is 0. The lowest BCUT2D eigenvalue weighted by Crippen LogP contribution is -2.27. The molecule has 5 heteroatoms. The molecule has 0 spiro atoms. The lowest BCUT2D eigenvalue weighted by atomic mass is 10.1. The molecule has 0 aliphatic carbocycles. The van der Waals surface area contributed by atoms with Gasteiger partial charge in [-0.1, -0.05) is 6.07 Å². The summed E-state index contributed by atoms with van der Waals surface area (Å²) >= 11 is 0. The van der Waals surface area contributed by atoms with Crippen molar-refractivity contribution in [1.82, 2.24) is 4.90 Å². The third-order valence-electron chi connectivity index (χ3n) is 2.05. The molecule has 0 saturated carbocycles. The number of likely N-dealkylation sites (N-methyl/N-ethyl adjacent to an activating group) is 1. The smallest absolute Gasteiger partial charge is 0.338 e. The maximum Gasteiger partial charge on any atom is 0.338 e. The Morgan fingerprint density at radius 2 is 2.12 bits per heavy atom. The number of benzene rings is 1. The summed E-state index contributed by atoms with van der Waals surface area (Å²) in [7, 11) is 3.15. The minimum atomic E-state index is -0.614. The van der Waals surface area contributed by atoms with E-state index in [1.807, 2.05) is 6.07 Å². The Labute approximate surface area is 99.2 Å². The van der Waals surface area contributed by atoms with Crippen LogP contribution in [0, 0.1) is 11.3 Å². The van der Waals surface area contributed by atoms with Crippen molar-refractivity contribution < 1.29 is 14.3 Å². The predicted octanol–water partition coefficient (Wildman–Crippen LogP) is 0.803. The molecule has 0 radical (unpaired) electrons. The monoisotopic (exact) mass is 232 g/mol. The minimum absolute atomic E-state index is 0.260. The molecule has 0 aliphatic heterocycles. The van der Waals surface area contributed by atoms with Crippen molar-refractivity contribution in [2.45, 2.75) is 0 Å². The third-order valence-corrected chi connectivity index (χ3v) is 2.05. The lowest BCUT2D eigenvalue weighted by molar-refractivity contribution is -0.131. The number of esters is 1. The van der Waals surface area contributed by atoms with Crippen LogP contribution in [0.4, 0.5) is 0 Å². The summed E-state index contributed by atoms with van der Waals surface area (Å²) in [6, 6.07) is 8.04. The average molecular weight is 232 g/mol. The van der Waals surface area contributed by atoms with E-state index in [0.717, 1.165) is 0 Å². The molecule has 1 rings (SSSR count). The van der Waals surface area contributed by atoms with Gasteiger partial charge in [-0.05, 0) is 18.2 Å². The Morgan fingerprint density at radius 3 is 2.71 bits per heavy atom. The van der Waals surface area contributed by atoms with Gasteiger partial charge in [0, 0.05) is 14.1 Å². The summed E-state index contributed by atoms with van der Waals surface area (Å²) in [5, 5.41) is 8.67. The zero-order valence-corrected chi connectivity index (χ0v) is 9.64. The Morgan fingerprint density at radius 1 is 1.41 bits per heavy atom. The van der Waals surface area contributed by atoms with E-state index in [-0.39, 0.29) is 18.1 Å². The summed E-state index contributed by atoms with van der Waals surface area (Å²) in [6.07, 6.45) is 0. The van der Waals surface area contributed by atoms with Crippen LogP contribution in [-0.2, 0) is 9.53 Å². The highest BCUT2D eigenvalue weighted by Gasteiger charge is 2.11. The fourth-order valence-corrected chi connectivity index (χ4v) is 1.06. The van der Waals surface area contributed by atoms with E-state index in [4.69, 9.17) is 10.00 Å². The van der Waals surface area contributed by atoms with Gasteiger partial charge in [0.25, 0.3) is 5.91 Å². The van der Waals surface area contributed by atoms with Crippen LogP contribution in [0.25, 0.3) is 0 Å². The third kappa shape index (κ3) is 3.61. The summed E-state index contributed by atoms with van der Waals surface area (Å²) < 4.78 is 4.81. The highest BCUT2D eigenvalue weighted by Crippen LogP contribution is 2.05. The molecule has 0 aliphatic rings. The second kappa shape index (κ2) is 5.66. The van der Waals surface area contributed by atoms with Crippen LogP contribution < -0.4 is 0 Å². The van der Waals surface area contributed by atoms with E-state index in [1.165, 1.54) is 17.0 Å². The first-order valence-corrected chi connectivity index (χ1v) is 4.92. The van der Waals surface area contributed by atoms with Gasteiger partial charge in [0.15, 0.2) is 6.61 Å². The summed E-state index contributed by atoms with van der Waals surface area (Å²) in [5.41, 5.74) is 0.633. The van der Waals surface area contributed by atoms with Crippen LogP contribution in [0.15, 0.2) is 24.3 Å². The number of carbonyl (C=O) groups excluding carboxylic acids is 2. The van der Waals surface area contributed by atoms with Crippen molar-refractivity contribution in [3.63, 3.8) is 0 Å². The molecule has 5 nitrogen and oxygen atoms in total. The molecule has 1 aromatic rings. The number of amides is 1. The maximum atomic E-state index is 11.5. The Hall–Kier alpha value is -2.35. The van der Waals surface area contributed by atoms with Crippen LogP contribution in [-0.4, -0.2) is 37.5 Å². The summed E-state index contributed by atoms with van der Waals surface area (Å²) in [6.45, 7) is -0.303. The predicted molar refractivity (Wildman–Crippen MR) is 60.1 cm³/mol. The fourth-order valence-electron chi connectivity index (χ4n) is 1.06. The highest BCUT2D eigenvalue weighted by atomic mass is 16.5. The van der Waals surface area contributed by atoms with Gasteiger partial charge >= 0.3 is 5.97 Å². The second-order valence-electron chi connectivity index (χ2n) is 3.56. The van der Waals surface area contributed by atoms with Crippen LogP contribution >= 0.6 is 0 Å². The second-order valence-corrected chi connectivity index (χ2v) is 3.56. The van der Waals surface area contributed by atoms with Crippen molar-refractivity contribution in [2.24, 2.45) is 0 Å². The van der Waals surface area contributed by atoms with Gasteiger partial charge in [-0.15, -0.1) is 0 Å². The van der Waals surface area contributed by atoms with Crippen molar-refractivity contribution >= 4 is 11.9 Å². The first-order valence-electron chi connectivity index (χ1n) is 4.92. The Kier molecular flexibility index (Phi) is 4.23. The summed E-state index contributed by atoms with van der Waals surface area (Å²) in [4.78, 5) is 24.1. The molecule has 0 unspecified atom stereocenters. The minimum Gasteiger partial charge on any atom is -0.452 e. The molecule has 0 N–H and O–H groups in total. The number of nitrogens with zero attached hydrogens (tertiary/aromatic N) is 2. The van der Waals surface area contributed by atoms with Crippen molar-refractivity contribution in [3.8, 4) is 6.07 Å². The van der Waals surface area contributed by atoms with E-state index in [2.05, 4.69) is 0 Å². The van der Waals surface area contributed by atoms with Gasteiger partial charge in [0.1, 0.15) is 0 Å². The Bertz CT molecular complexity index is 475. The molecule has 0 saturated heterocycles. The van der Waals surface area contributed by atoms with E-state index in [9.17, 15) is 9.59 Å². The van der Waals surface area contributed by atoms with Gasteiger partial charge in [-0.2, -0.15) is 5.26 Å².